The Labute approximate surface area is 135 Å². The second-order valence-electron chi connectivity index (χ2n) is 6.00. The molecule has 1 fully saturated rings. The number of nitrogens with one attached hydrogen (secondary N) is 2. The highest BCUT2D eigenvalue weighted by atomic mass is 32.2. The van der Waals surface area contributed by atoms with E-state index in [1.165, 1.54) is 4.68 Å². The fraction of sp³-hybridized carbons (Fsp3) is 0.714. The van der Waals surface area contributed by atoms with E-state index in [0.717, 1.165) is 38.5 Å². The zero-order chi connectivity index (χ0) is 16.6. The first-order valence-electron chi connectivity index (χ1n) is 7.70. The lowest BCUT2D eigenvalue weighted by atomic mass is 10.1. The van der Waals surface area contributed by atoms with Crippen LogP contribution in [0.3, 0.4) is 0 Å². The van der Waals surface area contributed by atoms with Gasteiger partial charge in [-0.3, -0.25) is 19.4 Å². The number of hydrogen-bond donors (Lipinski definition) is 2. The van der Waals surface area contributed by atoms with Gasteiger partial charge in [-0.05, 0) is 12.8 Å². The minimum Gasteiger partial charge on any atom is -0.310 e. The fourth-order valence-electron chi connectivity index (χ4n) is 3.29. The molecule has 1 atom stereocenters. The lowest BCUT2D eigenvalue weighted by Gasteiger charge is -2.20. The van der Waals surface area contributed by atoms with Gasteiger partial charge in [-0.25, -0.2) is 0 Å². The number of fused-ring (bicyclic) bond motifs is 1. The summed E-state index contributed by atoms with van der Waals surface area (Å²) in [5.74, 6) is -0.827. The van der Waals surface area contributed by atoms with Gasteiger partial charge in [0, 0.05) is 0 Å². The first kappa shape index (κ1) is 16.5. The number of carbonyl (C=O) groups is 1. The predicted molar refractivity (Wildman–Crippen MR) is 81.7 cm³/mol. The molecular formula is C14H18F3N3O2S. The van der Waals surface area contributed by atoms with E-state index in [1.54, 1.807) is 0 Å². The van der Waals surface area contributed by atoms with Crippen molar-refractivity contribution >= 4 is 23.5 Å². The standard InChI is InChI=1S/C14H18F3N3O2S/c15-14(16,17)11-10-12(18-9(21)7-23-11)20(19-13(10)22)8-5-3-1-2-4-6-8/h8,11H,1-7H2,(H,18,21)(H,19,22)/t11-/m1/s1. The number of rotatable bonds is 1. The SMILES string of the molecule is O=C1CS[C@@H](C(F)(F)F)c2c(n(C3CCCCCC3)[nH]c2=O)N1. The molecule has 128 valence electrons. The van der Waals surface area contributed by atoms with Crippen LogP contribution in [0.15, 0.2) is 4.79 Å². The molecule has 0 aromatic carbocycles. The quantitative estimate of drug-likeness (QED) is 0.764. The summed E-state index contributed by atoms with van der Waals surface area (Å²) in [6.45, 7) is 0. The number of anilines is 1. The van der Waals surface area contributed by atoms with E-state index in [2.05, 4.69) is 10.4 Å². The Morgan fingerprint density at radius 1 is 1.09 bits per heavy atom. The van der Waals surface area contributed by atoms with Crippen molar-refractivity contribution in [2.45, 2.75) is 56.0 Å². The number of hydrogen-bond acceptors (Lipinski definition) is 3. The van der Waals surface area contributed by atoms with Gasteiger partial charge in [0.25, 0.3) is 5.56 Å². The average molecular weight is 349 g/mol. The minimum atomic E-state index is -4.58. The highest BCUT2D eigenvalue weighted by Gasteiger charge is 2.47. The molecule has 1 saturated carbocycles. The summed E-state index contributed by atoms with van der Waals surface area (Å²) in [7, 11) is 0. The van der Waals surface area contributed by atoms with Crippen LogP contribution in [-0.2, 0) is 4.79 Å². The lowest BCUT2D eigenvalue weighted by Crippen LogP contribution is -2.23. The van der Waals surface area contributed by atoms with E-state index in [9.17, 15) is 22.8 Å². The van der Waals surface area contributed by atoms with Gasteiger partial charge in [0.15, 0.2) is 0 Å². The van der Waals surface area contributed by atoms with Crippen LogP contribution in [0.2, 0.25) is 0 Å². The fourth-order valence-corrected chi connectivity index (χ4v) is 4.26. The Kier molecular flexibility index (Phi) is 4.48. The summed E-state index contributed by atoms with van der Waals surface area (Å²) in [5.41, 5.74) is -1.14. The monoisotopic (exact) mass is 349 g/mol. The van der Waals surface area contributed by atoms with Gasteiger partial charge in [-0.15, -0.1) is 11.8 Å². The zero-order valence-corrected chi connectivity index (χ0v) is 13.2. The van der Waals surface area contributed by atoms with Crippen LogP contribution in [0.5, 0.6) is 0 Å². The molecule has 0 unspecified atom stereocenters. The molecule has 3 rings (SSSR count). The van der Waals surface area contributed by atoms with Crippen LogP contribution in [0.25, 0.3) is 0 Å². The molecule has 2 heterocycles. The second-order valence-corrected chi connectivity index (χ2v) is 7.09. The maximum absolute atomic E-state index is 13.3. The topological polar surface area (TPSA) is 66.9 Å². The molecule has 0 saturated heterocycles. The van der Waals surface area contributed by atoms with Crippen molar-refractivity contribution in [2.24, 2.45) is 0 Å². The molecule has 9 heteroatoms. The van der Waals surface area contributed by atoms with E-state index in [-0.39, 0.29) is 23.2 Å². The lowest BCUT2D eigenvalue weighted by molar-refractivity contribution is -0.129. The van der Waals surface area contributed by atoms with E-state index >= 15 is 0 Å². The van der Waals surface area contributed by atoms with Crippen LogP contribution in [-0.4, -0.2) is 27.6 Å². The van der Waals surface area contributed by atoms with Crippen molar-refractivity contribution in [3.05, 3.63) is 15.9 Å². The van der Waals surface area contributed by atoms with Gasteiger partial charge in [-0.2, -0.15) is 13.2 Å². The number of carbonyl (C=O) groups excluding carboxylic acids is 1. The smallest absolute Gasteiger partial charge is 0.310 e. The minimum absolute atomic E-state index is 0.000718. The van der Waals surface area contributed by atoms with Gasteiger partial charge in [-0.1, -0.05) is 25.7 Å². The summed E-state index contributed by atoms with van der Waals surface area (Å²) in [4.78, 5) is 24.0. The number of halogens is 3. The molecule has 1 aliphatic heterocycles. The molecule has 0 radical (unpaired) electrons. The highest BCUT2D eigenvalue weighted by Crippen LogP contribution is 2.46. The maximum Gasteiger partial charge on any atom is 0.404 e. The summed E-state index contributed by atoms with van der Waals surface area (Å²) in [6, 6.07) is -0.0776. The van der Waals surface area contributed by atoms with E-state index in [1.807, 2.05) is 0 Å². The molecule has 0 spiro atoms. The number of thioether (sulfide) groups is 1. The average Bonchev–Trinajstić information content (AvgIpc) is 2.69. The molecule has 1 amide bonds. The van der Waals surface area contributed by atoms with E-state index in [0.29, 0.717) is 11.8 Å². The van der Waals surface area contributed by atoms with Crippen molar-refractivity contribution in [3.63, 3.8) is 0 Å². The first-order chi connectivity index (χ1) is 10.9. The summed E-state index contributed by atoms with van der Waals surface area (Å²) in [6.07, 6.45) is 1.09. The van der Waals surface area contributed by atoms with Crippen molar-refractivity contribution in [2.75, 3.05) is 11.1 Å². The summed E-state index contributed by atoms with van der Waals surface area (Å²) in [5, 5.41) is 3.06. The Morgan fingerprint density at radius 3 is 2.35 bits per heavy atom. The molecule has 2 N–H and O–H groups in total. The van der Waals surface area contributed by atoms with Crippen LogP contribution >= 0.6 is 11.8 Å². The van der Waals surface area contributed by atoms with E-state index in [4.69, 9.17) is 0 Å². The van der Waals surface area contributed by atoms with Crippen molar-refractivity contribution in [1.29, 1.82) is 0 Å². The first-order valence-corrected chi connectivity index (χ1v) is 8.75. The van der Waals surface area contributed by atoms with Crippen molar-refractivity contribution in [1.82, 2.24) is 9.78 Å². The predicted octanol–water partition coefficient (Wildman–Crippen LogP) is 3.36. The van der Waals surface area contributed by atoms with Crippen molar-refractivity contribution < 1.29 is 18.0 Å². The summed E-state index contributed by atoms with van der Waals surface area (Å²) < 4.78 is 41.4. The second kappa shape index (κ2) is 6.26. The number of amides is 1. The normalized spacial score (nSPS) is 23.8. The molecule has 1 aromatic heterocycles. The third-order valence-electron chi connectivity index (χ3n) is 4.35. The molecule has 23 heavy (non-hydrogen) atoms. The number of aromatic amines is 1. The van der Waals surface area contributed by atoms with Gasteiger partial charge in [0.2, 0.25) is 5.91 Å². The van der Waals surface area contributed by atoms with Crippen molar-refractivity contribution in [3.8, 4) is 0 Å². The molecular weight excluding hydrogens is 331 g/mol. The van der Waals surface area contributed by atoms with Crippen LogP contribution in [0.1, 0.15) is 55.4 Å². The van der Waals surface area contributed by atoms with Crippen LogP contribution in [0, 0.1) is 0 Å². The van der Waals surface area contributed by atoms with E-state index < -0.39 is 22.9 Å². The third-order valence-corrected chi connectivity index (χ3v) is 5.62. The molecule has 2 aliphatic rings. The Hall–Kier alpha value is -1.38. The van der Waals surface area contributed by atoms with Gasteiger partial charge < -0.3 is 5.32 Å². The van der Waals surface area contributed by atoms with Gasteiger partial charge in [0.05, 0.1) is 17.4 Å². The molecule has 5 nitrogen and oxygen atoms in total. The number of alkyl halides is 3. The largest absolute Gasteiger partial charge is 0.404 e. The number of H-pyrrole nitrogens is 1. The maximum atomic E-state index is 13.3. The van der Waals surface area contributed by atoms with Gasteiger partial charge in [0.1, 0.15) is 11.1 Å². The molecule has 0 bridgehead atoms. The number of aromatic nitrogens is 2. The summed E-state index contributed by atoms with van der Waals surface area (Å²) >= 11 is 0.450. The molecule has 1 aliphatic carbocycles. The number of nitrogens with zero attached hydrogens (tertiary/aromatic N) is 1. The third kappa shape index (κ3) is 3.29. The Bertz CT molecular complexity index is 645. The Balaban J connectivity index is 2.07. The zero-order valence-electron chi connectivity index (χ0n) is 12.4. The highest BCUT2D eigenvalue weighted by molar-refractivity contribution is 8.00. The molecule has 1 aromatic rings. The van der Waals surface area contributed by atoms with Crippen LogP contribution < -0.4 is 10.9 Å². The van der Waals surface area contributed by atoms with Gasteiger partial charge >= 0.3 is 6.18 Å². The van der Waals surface area contributed by atoms with Crippen LogP contribution in [0.4, 0.5) is 19.0 Å². The Morgan fingerprint density at radius 2 is 1.74 bits per heavy atom.